The third kappa shape index (κ3) is 3.88. The minimum Gasteiger partial charge on any atom is -0.497 e. The smallest absolute Gasteiger partial charge is 0.124 e. The van der Waals surface area contributed by atoms with Crippen molar-refractivity contribution in [1.29, 1.82) is 0 Å². The van der Waals surface area contributed by atoms with E-state index in [2.05, 4.69) is 5.32 Å². The molecule has 0 aromatic heterocycles. The highest BCUT2D eigenvalue weighted by Crippen LogP contribution is 2.25. The van der Waals surface area contributed by atoms with E-state index in [9.17, 15) is 0 Å². The zero-order valence-corrected chi connectivity index (χ0v) is 9.80. The van der Waals surface area contributed by atoms with Gasteiger partial charge in [0.15, 0.2) is 0 Å². The van der Waals surface area contributed by atoms with Gasteiger partial charge in [-0.2, -0.15) is 0 Å². The largest absolute Gasteiger partial charge is 0.497 e. The monoisotopic (exact) mass is 229 g/mol. The number of rotatable bonds is 6. The Balaban J connectivity index is 2.68. The molecule has 4 heteroatoms. The van der Waals surface area contributed by atoms with Crippen molar-refractivity contribution < 1.29 is 9.47 Å². The number of hydrogen-bond acceptors (Lipinski definition) is 3. The van der Waals surface area contributed by atoms with Crippen LogP contribution < -0.4 is 14.8 Å². The first-order chi connectivity index (χ1) is 7.30. The maximum absolute atomic E-state index is 5.60. The first-order valence-corrected chi connectivity index (χ1v) is 5.36. The van der Waals surface area contributed by atoms with Crippen LogP contribution in [0.1, 0.15) is 6.42 Å². The van der Waals surface area contributed by atoms with Gasteiger partial charge in [-0.05, 0) is 6.42 Å². The van der Waals surface area contributed by atoms with Gasteiger partial charge in [0.05, 0.1) is 14.2 Å². The summed E-state index contributed by atoms with van der Waals surface area (Å²) in [7, 11) is 3.27. The highest BCUT2D eigenvalue weighted by atomic mass is 35.5. The topological polar surface area (TPSA) is 30.5 Å². The van der Waals surface area contributed by atoms with E-state index in [1.165, 1.54) is 0 Å². The van der Waals surface area contributed by atoms with Gasteiger partial charge in [-0.25, -0.2) is 0 Å². The third-order valence-corrected chi connectivity index (χ3v) is 2.26. The number of benzene rings is 1. The van der Waals surface area contributed by atoms with Gasteiger partial charge in [0, 0.05) is 36.3 Å². The summed E-state index contributed by atoms with van der Waals surface area (Å²) in [6, 6.07) is 5.69. The fourth-order valence-electron chi connectivity index (χ4n) is 1.21. The van der Waals surface area contributed by atoms with E-state index in [1.54, 1.807) is 14.2 Å². The van der Waals surface area contributed by atoms with Crippen LogP contribution in [-0.4, -0.2) is 26.6 Å². The predicted molar refractivity (Wildman–Crippen MR) is 63.4 cm³/mol. The molecule has 0 amide bonds. The predicted octanol–water partition coefficient (Wildman–Crippen LogP) is 2.74. The van der Waals surface area contributed by atoms with Crippen LogP contribution in [0.5, 0.6) is 11.5 Å². The van der Waals surface area contributed by atoms with Crippen LogP contribution in [0.2, 0.25) is 0 Å². The van der Waals surface area contributed by atoms with Crippen molar-refractivity contribution in [2.45, 2.75) is 6.42 Å². The third-order valence-electron chi connectivity index (χ3n) is 1.99. The standard InChI is InChI=1S/C11H16ClNO2/c1-14-10-6-9(13-5-3-4-12)7-11(8-10)15-2/h6-8,13H,3-5H2,1-2H3. The molecule has 0 saturated carbocycles. The number of alkyl halides is 1. The van der Waals surface area contributed by atoms with Crippen molar-refractivity contribution in [1.82, 2.24) is 0 Å². The first-order valence-electron chi connectivity index (χ1n) is 4.83. The molecular formula is C11H16ClNO2. The zero-order valence-electron chi connectivity index (χ0n) is 9.05. The number of hydrogen-bond donors (Lipinski definition) is 1. The summed E-state index contributed by atoms with van der Waals surface area (Å²) in [4.78, 5) is 0. The van der Waals surface area contributed by atoms with Crippen molar-refractivity contribution >= 4 is 17.3 Å². The van der Waals surface area contributed by atoms with Crippen LogP contribution >= 0.6 is 11.6 Å². The number of anilines is 1. The average molecular weight is 230 g/mol. The van der Waals surface area contributed by atoms with Gasteiger partial charge in [-0.1, -0.05) is 0 Å². The Kier molecular flexibility index (Phi) is 5.12. The molecule has 1 N–H and O–H groups in total. The molecule has 15 heavy (non-hydrogen) atoms. The lowest BCUT2D eigenvalue weighted by atomic mass is 10.2. The molecule has 1 aromatic carbocycles. The molecule has 0 spiro atoms. The van der Waals surface area contributed by atoms with E-state index in [1.807, 2.05) is 18.2 Å². The highest BCUT2D eigenvalue weighted by Gasteiger charge is 2.00. The van der Waals surface area contributed by atoms with Crippen molar-refractivity contribution in [3.63, 3.8) is 0 Å². The molecule has 0 aliphatic carbocycles. The Hall–Kier alpha value is -1.09. The van der Waals surface area contributed by atoms with Crippen LogP contribution in [-0.2, 0) is 0 Å². The van der Waals surface area contributed by atoms with Crippen LogP contribution in [0, 0.1) is 0 Å². The van der Waals surface area contributed by atoms with Gasteiger partial charge in [0.25, 0.3) is 0 Å². The lowest BCUT2D eigenvalue weighted by Gasteiger charge is -2.09. The van der Waals surface area contributed by atoms with E-state index < -0.39 is 0 Å². The Labute approximate surface area is 95.3 Å². The van der Waals surface area contributed by atoms with Crippen molar-refractivity contribution in [3.8, 4) is 11.5 Å². The zero-order chi connectivity index (χ0) is 11.1. The molecule has 0 bridgehead atoms. The van der Waals surface area contributed by atoms with Crippen molar-refractivity contribution in [2.24, 2.45) is 0 Å². The number of ether oxygens (including phenoxy) is 2. The Morgan fingerprint density at radius 3 is 2.20 bits per heavy atom. The number of methoxy groups -OCH3 is 2. The van der Waals surface area contributed by atoms with Crippen LogP contribution in [0.4, 0.5) is 5.69 Å². The van der Waals surface area contributed by atoms with Gasteiger partial charge in [-0.3, -0.25) is 0 Å². The molecule has 0 aliphatic rings. The second-order valence-corrected chi connectivity index (χ2v) is 3.45. The number of nitrogens with one attached hydrogen (secondary N) is 1. The second kappa shape index (κ2) is 6.40. The highest BCUT2D eigenvalue weighted by molar-refractivity contribution is 6.17. The maximum atomic E-state index is 5.60. The molecular weight excluding hydrogens is 214 g/mol. The van der Waals surface area contributed by atoms with E-state index in [0.717, 1.165) is 30.2 Å². The average Bonchev–Trinajstić information content (AvgIpc) is 2.29. The lowest BCUT2D eigenvalue weighted by molar-refractivity contribution is 0.394. The first kappa shape index (κ1) is 12.0. The summed E-state index contributed by atoms with van der Waals surface area (Å²) in [5.41, 5.74) is 0.983. The maximum Gasteiger partial charge on any atom is 0.124 e. The summed E-state index contributed by atoms with van der Waals surface area (Å²) < 4.78 is 10.3. The normalized spacial score (nSPS) is 9.80. The summed E-state index contributed by atoms with van der Waals surface area (Å²) in [6.45, 7) is 0.847. The fourth-order valence-corrected chi connectivity index (χ4v) is 1.34. The summed E-state index contributed by atoms with van der Waals surface area (Å²) in [5.74, 6) is 2.22. The van der Waals surface area contributed by atoms with Gasteiger partial charge in [0.1, 0.15) is 11.5 Å². The molecule has 0 radical (unpaired) electrons. The Morgan fingerprint density at radius 2 is 1.73 bits per heavy atom. The van der Waals surface area contributed by atoms with Crippen molar-refractivity contribution in [3.05, 3.63) is 18.2 Å². The van der Waals surface area contributed by atoms with Gasteiger partial charge in [-0.15, -0.1) is 11.6 Å². The molecule has 0 fully saturated rings. The summed E-state index contributed by atoms with van der Waals surface area (Å²) in [5, 5.41) is 3.25. The molecule has 84 valence electrons. The van der Waals surface area contributed by atoms with E-state index in [4.69, 9.17) is 21.1 Å². The van der Waals surface area contributed by atoms with Gasteiger partial charge >= 0.3 is 0 Å². The molecule has 1 rings (SSSR count). The molecule has 0 atom stereocenters. The lowest BCUT2D eigenvalue weighted by Crippen LogP contribution is -2.02. The number of halogens is 1. The second-order valence-electron chi connectivity index (χ2n) is 3.07. The summed E-state index contributed by atoms with van der Waals surface area (Å²) in [6.07, 6.45) is 0.932. The molecule has 3 nitrogen and oxygen atoms in total. The Morgan fingerprint density at radius 1 is 1.13 bits per heavy atom. The SMILES string of the molecule is COc1cc(NCCCCl)cc(OC)c1. The van der Waals surface area contributed by atoms with Crippen LogP contribution in [0.3, 0.4) is 0 Å². The molecule has 0 unspecified atom stereocenters. The molecule has 0 saturated heterocycles. The van der Waals surface area contributed by atoms with Crippen molar-refractivity contribution in [2.75, 3.05) is 32.0 Å². The van der Waals surface area contributed by atoms with E-state index >= 15 is 0 Å². The minimum absolute atomic E-state index is 0.661. The summed E-state index contributed by atoms with van der Waals surface area (Å²) >= 11 is 5.60. The quantitative estimate of drug-likeness (QED) is 0.601. The minimum atomic E-state index is 0.661. The molecule has 0 heterocycles. The van der Waals surface area contributed by atoms with E-state index in [-0.39, 0.29) is 0 Å². The molecule has 0 aliphatic heterocycles. The van der Waals surface area contributed by atoms with E-state index in [0.29, 0.717) is 5.88 Å². The van der Waals surface area contributed by atoms with Crippen LogP contribution in [0.15, 0.2) is 18.2 Å². The molecule has 1 aromatic rings. The van der Waals surface area contributed by atoms with Gasteiger partial charge in [0.2, 0.25) is 0 Å². The Bertz CT molecular complexity index is 282. The van der Waals surface area contributed by atoms with Gasteiger partial charge < -0.3 is 14.8 Å². The van der Waals surface area contributed by atoms with Crippen LogP contribution in [0.25, 0.3) is 0 Å². The fraction of sp³-hybridized carbons (Fsp3) is 0.455.